The summed E-state index contributed by atoms with van der Waals surface area (Å²) in [5.41, 5.74) is 1.83. The summed E-state index contributed by atoms with van der Waals surface area (Å²) in [6, 6.07) is 11.7. The molecule has 1 amide bonds. The number of carbonyl (C=O) groups excluding carboxylic acids is 1. The molecule has 1 heterocycles. The van der Waals surface area contributed by atoms with Crippen LogP contribution in [0.4, 0.5) is 4.39 Å². The third-order valence-corrected chi connectivity index (χ3v) is 6.19. The zero-order valence-corrected chi connectivity index (χ0v) is 17.8. The average molecular weight is 416 g/mol. The van der Waals surface area contributed by atoms with Crippen LogP contribution in [-0.2, 0) is 17.9 Å². The minimum Gasteiger partial charge on any atom is -0.507 e. The molecular weight excluding hydrogens is 383 g/mol. The number of amides is 1. The molecule has 0 aromatic heterocycles. The van der Waals surface area contributed by atoms with Gasteiger partial charge < -0.3 is 20.1 Å². The Labute approximate surface area is 177 Å². The molecule has 0 bridgehead atoms. The van der Waals surface area contributed by atoms with Crippen LogP contribution >= 0.6 is 0 Å². The number of benzene rings is 2. The van der Waals surface area contributed by atoms with Gasteiger partial charge in [0, 0.05) is 36.9 Å². The van der Waals surface area contributed by atoms with Gasteiger partial charge in [-0.25, -0.2) is 4.39 Å². The number of halogens is 1. The quantitative estimate of drug-likeness (QED) is 0.621. The molecule has 3 rings (SSSR count). The maximum absolute atomic E-state index is 13.0. The van der Waals surface area contributed by atoms with Gasteiger partial charge in [0.15, 0.2) is 0 Å². The van der Waals surface area contributed by atoms with Gasteiger partial charge in [-0.05, 0) is 42.2 Å². The Balaban J connectivity index is 1.50. The molecule has 3 atom stereocenters. The number of quaternary nitrogens is 1. The Hall–Kier alpha value is -2.60. The summed E-state index contributed by atoms with van der Waals surface area (Å²) in [4.78, 5) is 13.9. The third kappa shape index (κ3) is 5.95. The standard InChI is InChI=1S/C24H31FN2O3/c1-3-18-15-27(16-20-6-9-22(30-2)13-23(20)28)11-10-19(18)12-24(29)26-14-17-4-7-21(25)8-5-17/h4-9,13,18-19,28H,3,10-12,14-16H2,1-2H3,(H,26,29)/p+1/t18-,19-/m0/s1. The molecule has 0 saturated carbocycles. The van der Waals surface area contributed by atoms with Crippen LogP contribution in [0.2, 0.25) is 0 Å². The second-order valence-corrected chi connectivity index (χ2v) is 8.20. The monoisotopic (exact) mass is 415 g/mol. The maximum Gasteiger partial charge on any atom is 0.220 e. The molecule has 162 valence electrons. The minimum atomic E-state index is -0.270. The van der Waals surface area contributed by atoms with Gasteiger partial charge in [0.2, 0.25) is 5.91 Å². The van der Waals surface area contributed by atoms with E-state index in [1.165, 1.54) is 17.0 Å². The number of hydrogen-bond donors (Lipinski definition) is 3. The first-order valence-corrected chi connectivity index (χ1v) is 10.7. The number of phenols is 1. The van der Waals surface area contributed by atoms with Gasteiger partial charge in [-0.15, -0.1) is 0 Å². The van der Waals surface area contributed by atoms with E-state index < -0.39 is 0 Å². The fourth-order valence-corrected chi connectivity index (χ4v) is 4.37. The Bertz CT molecular complexity index is 841. The van der Waals surface area contributed by atoms with Crippen LogP contribution in [0.3, 0.4) is 0 Å². The topological polar surface area (TPSA) is 63.0 Å². The molecule has 1 unspecified atom stereocenters. The van der Waals surface area contributed by atoms with Crippen molar-refractivity contribution in [1.82, 2.24) is 5.32 Å². The summed E-state index contributed by atoms with van der Waals surface area (Å²) in [6.45, 7) is 5.37. The Kier molecular flexibility index (Phi) is 7.69. The normalized spacial score (nSPS) is 21.2. The van der Waals surface area contributed by atoms with Gasteiger partial charge in [0.25, 0.3) is 0 Å². The summed E-state index contributed by atoms with van der Waals surface area (Å²) in [7, 11) is 1.59. The molecule has 3 N–H and O–H groups in total. The molecule has 0 spiro atoms. The molecule has 1 aliphatic heterocycles. The van der Waals surface area contributed by atoms with Crippen LogP contribution in [-0.4, -0.2) is 31.2 Å². The lowest BCUT2D eigenvalue weighted by molar-refractivity contribution is -0.923. The second-order valence-electron chi connectivity index (χ2n) is 8.20. The highest BCUT2D eigenvalue weighted by Gasteiger charge is 2.32. The van der Waals surface area contributed by atoms with E-state index >= 15 is 0 Å². The fraction of sp³-hybridized carbons (Fsp3) is 0.458. The molecule has 2 aromatic carbocycles. The Morgan fingerprint density at radius 3 is 2.67 bits per heavy atom. The molecule has 1 fully saturated rings. The SMILES string of the molecule is CC[C@H]1C[NH+](Cc2ccc(OC)cc2O)CC[C@H]1CC(=O)NCc1ccc(F)cc1. The lowest BCUT2D eigenvalue weighted by Crippen LogP contribution is -3.12. The number of nitrogens with one attached hydrogen (secondary N) is 2. The number of aromatic hydroxyl groups is 1. The number of piperidine rings is 1. The third-order valence-electron chi connectivity index (χ3n) is 6.19. The van der Waals surface area contributed by atoms with Crippen LogP contribution in [0.1, 0.15) is 37.3 Å². The van der Waals surface area contributed by atoms with Gasteiger partial charge >= 0.3 is 0 Å². The molecule has 6 heteroatoms. The van der Waals surface area contributed by atoms with Crippen molar-refractivity contribution in [1.29, 1.82) is 0 Å². The van der Waals surface area contributed by atoms with Crippen molar-refractivity contribution in [3.63, 3.8) is 0 Å². The first kappa shape index (κ1) is 22.1. The number of methoxy groups -OCH3 is 1. The molecule has 0 aliphatic carbocycles. The van der Waals surface area contributed by atoms with Crippen molar-refractivity contribution >= 4 is 5.91 Å². The van der Waals surface area contributed by atoms with E-state index in [1.807, 2.05) is 12.1 Å². The van der Waals surface area contributed by atoms with Gasteiger partial charge in [-0.1, -0.05) is 19.1 Å². The van der Waals surface area contributed by atoms with E-state index in [4.69, 9.17) is 4.74 Å². The molecule has 1 saturated heterocycles. The van der Waals surface area contributed by atoms with E-state index in [-0.39, 0.29) is 17.5 Å². The van der Waals surface area contributed by atoms with Gasteiger partial charge in [-0.2, -0.15) is 0 Å². The Morgan fingerprint density at radius 1 is 1.23 bits per heavy atom. The first-order valence-electron chi connectivity index (χ1n) is 10.7. The van der Waals surface area contributed by atoms with Crippen molar-refractivity contribution in [2.45, 2.75) is 39.3 Å². The first-order chi connectivity index (χ1) is 14.5. The zero-order valence-electron chi connectivity index (χ0n) is 17.8. The molecule has 2 aromatic rings. The van der Waals surface area contributed by atoms with Crippen LogP contribution in [0.25, 0.3) is 0 Å². The largest absolute Gasteiger partial charge is 0.507 e. The van der Waals surface area contributed by atoms with Gasteiger partial charge in [-0.3, -0.25) is 4.79 Å². The molecule has 5 nitrogen and oxygen atoms in total. The summed E-state index contributed by atoms with van der Waals surface area (Å²) in [5, 5.41) is 13.2. The van der Waals surface area contributed by atoms with Crippen LogP contribution in [0, 0.1) is 17.7 Å². The summed E-state index contributed by atoms with van der Waals surface area (Å²) in [6.07, 6.45) is 2.56. The van der Waals surface area contributed by atoms with Crippen LogP contribution in [0.5, 0.6) is 11.5 Å². The van der Waals surface area contributed by atoms with E-state index in [0.29, 0.717) is 30.6 Å². The number of carbonyl (C=O) groups is 1. The van der Waals surface area contributed by atoms with Crippen molar-refractivity contribution in [2.24, 2.45) is 11.8 Å². The number of hydrogen-bond acceptors (Lipinski definition) is 3. The molecule has 0 radical (unpaired) electrons. The lowest BCUT2D eigenvalue weighted by Gasteiger charge is -2.35. The van der Waals surface area contributed by atoms with Gasteiger partial charge in [0.05, 0.1) is 20.2 Å². The predicted octanol–water partition coefficient (Wildman–Crippen LogP) is 2.68. The number of likely N-dealkylation sites (tertiary alicyclic amines) is 1. The van der Waals surface area contributed by atoms with Crippen molar-refractivity contribution in [3.05, 3.63) is 59.4 Å². The molecular formula is C24H32FN2O3+. The van der Waals surface area contributed by atoms with Crippen LogP contribution in [0.15, 0.2) is 42.5 Å². The summed E-state index contributed by atoms with van der Waals surface area (Å²) >= 11 is 0. The van der Waals surface area contributed by atoms with Gasteiger partial charge in [0.1, 0.15) is 23.9 Å². The van der Waals surface area contributed by atoms with E-state index in [1.54, 1.807) is 25.3 Å². The zero-order chi connectivity index (χ0) is 21.5. The van der Waals surface area contributed by atoms with Crippen molar-refractivity contribution in [3.8, 4) is 11.5 Å². The van der Waals surface area contributed by atoms with E-state index in [0.717, 1.165) is 43.6 Å². The highest BCUT2D eigenvalue weighted by molar-refractivity contribution is 5.76. The fourth-order valence-electron chi connectivity index (χ4n) is 4.37. The highest BCUT2D eigenvalue weighted by Crippen LogP contribution is 2.26. The summed E-state index contributed by atoms with van der Waals surface area (Å²) < 4.78 is 18.2. The van der Waals surface area contributed by atoms with E-state index in [2.05, 4.69) is 12.2 Å². The summed E-state index contributed by atoms with van der Waals surface area (Å²) in [5.74, 6) is 1.56. The van der Waals surface area contributed by atoms with Crippen molar-refractivity contribution in [2.75, 3.05) is 20.2 Å². The second kappa shape index (κ2) is 10.4. The van der Waals surface area contributed by atoms with Crippen LogP contribution < -0.4 is 15.0 Å². The Morgan fingerprint density at radius 2 is 2.00 bits per heavy atom. The average Bonchev–Trinajstić information content (AvgIpc) is 2.75. The maximum atomic E-state index is 13.0. The number of rotatable bonds is 8. The highest BCUT2D eigenvalue weighted by atomic mass is 19.1. The lowest BCUT2D eigenvalue weighted by atomic mass is 9.81. The predicted molar refractivity (Wildman–Crippen MR) is 114 cm³/mol. The van der Waals surface area contributed by atoms with Crippen molar-refractivity contribution < 1.29 is 23.9 Å². The number of phenolic OH excluding ortho intramolecular Hbond substituents is 1. The smallest absolute Gasteiger partial charge is 0.220 e. The molecule has 30 heavy (non-hydrogen) atoms. The number of ether oxygens (including phenoxy) is 1. The van der Waals surface area contributed by atoms with E-state index in [9.17, 15) is 14.3 Å². The minimum absolute atomic E-state index is 0.0547. The molecule has 1 aliphatic rings.